The molecule has 8 nitrogen and oxygen atoms in total. The zero-order valence-corrected chi connectivity index (χ0v) is 21.2. The molecule has 0 unspecified atom stereocenters. The summed E-state index contributed by atoms with van der Waals surface area (Å²) in [7, 11) is 0. The summed E-state index contributed by atoms with van der Waals surface area (Å²) in [5.41, 5.74) is -0.201. The molecule has 0 atom stereocenters. The van der Waals surface area contributed by atoms with Gasteiger partial charge in [0.15, 0.2) is 11.5 Å². The lowest BCUT2D eigenvalue weighted by Gasteiger charge is -2.22. The van der Waals surface area contributed by atoms with E-state index in [1.165, 1.54) is 17.0 Å². The van der Waals surface area contributed by atoms with Gasteiger partial charge in [-0.3, -0.25) is 4.79 Å². The lowest BCUT2D eigenvalue weighted by Crippen LogP contribution is -2.41. The Morgan fingerprint density at radius 2 is 1.92 bits per heavy atom. The number of halogens is 3. The van der Waals surface area contributed by atoms with Crippen LogP contribution in [0.3, 0.4) is 0 Å². The van der Waals surface area contributed by atoms with Gasteiger partial charge in [0, 0.05) is 19.1 Å². The monoisotopic (exact) mass is 547 g/mol. The van der Waals surface area contributed by atoms with Gasteiger partial charge in [0.25, 0.3) is 5.91 Å². The lowest BCUT2D eigenvalue weighted by atomic mass is 10.1. The van der Waals surface area contributed by atoms with E-state index in [9.17, 15) is 22.8 Å². The molecule has 2 aliphatic rings. The highest BCUT2D eigenvalue weighted by molar-refractivity contribution is 7.15. The summed E-state index contributed by atoms with van der Waals surface area (Å²) in [5, 5.41) is 3.34. The maximum absolute atomic E-state index is 13.2. The first-order valence-corrected chi connectivity index (χ1v) is 12.8. The van der Waals surface area contributed by atoms with Crippen molar-refractivity contribution in [3.8, 4) is 27.8 Å². The molecule has 38 heavy (non-hydrogen) atoms. The second-order valence-electron chi connectivity index (χ2n) is 8.82. The minimum Gasteiger partial charge on any atom is -0.486 e. The van der Waals surface area contributed by atoms with Gasteiger partial charge in [-0.05, 0) is 49.6 Å². The van der Waals surface area contributed by atoms with E-state index in [0.717, 1.165) is 36.3 Å². The van der Waals surface area contributed by atoms with Crippen molar-refractivity contribution in [2.45, 2.75) is 32.0 Å². The van der Waals surface area contributed by atoms with Crippen LogP contribution in [0.1, 0.15) is 33.8 Å². The number of carbonyl (C=O) groups is 2. The molecule has 1 N–H and O–H groups in total. The first kappa shape index (κ1) is 25.8. The van der Waals surface area contributed by atoms with Gasteiger partial charge in [0.05, 0.1) is 21.0 Å². The summed E-state index contributed by atoms with van der Waals surface area (Å²) < 4.78 is 56.4. The number of rotatable bonds is 7. The predicted molar refractivity (Wildman–Crippen MR) is 133 cm³/mol. The van der Waals surface area contributed by atoms with Crippen molar-refractivity contribution in [3.63, 3.8) is 0 Å². The van der Waals surface area contributed by atoms with Gasteiger partial charge < -0.3 is 24.4 Å². The van der Waals surface area contributed by atoms with Crippen LogP contribution in [0.15, 0.2) is 42.5 Å². The molecule has 1 saturated carbocycles. The van der Waals surface area contributed by atoms with Crippen LogP contribution >= 0.6 is 11.3 Å². The van der Waals surface area contributed by atoms with Gasteiger partial charge >= 0.3 is 12.3 Å². The number of amides is 2. The van der Waals surface area contributed by atoms with Crippen LogP contribution in [0.2, 0.25) is 0 Å². The fourth-order valence-corrected chi connectivity index (χ4v) is 4.93. The Hall–Kier alpha value is -3.80. The van der Waals surface area contributed by atoms with Gasteiger partial charge in [-0.15, -0.1) is 11.3 Å². The van der Waals surface area contributed by atoms with Crippen molar-refractivity contribution in [1.82, 2.24) is 15.2 Å². The Kier molecular flexibility index (Phi) is 7.15. The molecule has 0 radical (unpaired) electrons. The topological polar surface area (TPSA) is 90.0 Å². The fraction of sp³-hybridized carbons (Fsp3) is 0.346. The van der Waals surface area contributed by atoms with Crippen molar-refractivity contribution >= 4 is 23.3 Å². The van der Waals surface area contributed by atoms with Gasteiger partial charge in [-0.1, -0.05) is 18.2 Å². The number of para-hydroxylation sites is 1. The summed E-state index contributed by atoms with van der Waals surface area (Å²) in [6.07, 6.45) is -3.60. The lowest BCUT2D eigenvalue weighted by molar-refractivity contribution is -0.137. The molecule has 1 aliphatic heterocycles. The van der Waals surface area contributed by atoms with Crippen LogP contribution in [0.5, 0.6) is 17.4 Å². The molecule has 0 saturated heterocycles. The zero-order valence-electron chi connectivity index (χ0n) is 20.3. The summed E-state index contributed by atoms with van der Waals surface area (Å²) in [6, 6.07) is 9.83. The highest BCUT2D eigenvalue weighted by atomic mass is 32.1. The van der Waals surface area contributed by atoms with Crippen LogP contribution < -0.4 is 19.5 Å². The number of hydrogen-bond donors (Lipinski definition) is 1. The molecular weight excluding hydrogens is 523 g/mol. The van der Waals surface area contributed by atoms with E-state index < -0.39 is 17.8 Å². The quantitative estimate of drug-likeness (QED) is 0.432. The molecule has 0 bridgehead atoms. The van der Waals surface area contributed by atoms with Crippen molar-refractivity contribution in [2.24, 2.45) is 0 Å². The minimum atomic E-state index is -4.50. The van der Waals surface area contributed by atoms with Crippen molar-refractivity contribution in [3.05, 3.63) is 58.6 Å². The molecule has 1 aliphatic carbocycles. The number of thiazole rings is 1. The van der Waals surface area contributed by atoms with E-state index in [0.29, 0.717) is 40.2 Å². The maximum Gasteiger partial charge on any atom is 0.416 e. The number of nitrogens with one attached hydrogen (secondary N) is 1. The Morgan fingerprint density at radius 3 is 2.68 bits per heavy atom. The Bertz CT molecular complexity index is 1360. The van der Waals surface area contributed by atoms with E-state index in [1.807, 2.05) is 0 Å². The number of carbonyl (C=O) groups excluding carboxylic acids is 2. The fourth-order valence-electron chi connectivity index (χ4n) is 4.08. The molecule has 2 heterocycles. The molecule has 1 fully saturated rings. The SMILES string of the molecule is Cc1nc(OC(=O)N(CCNC(=O)c2cccc3c2OCCO3)C2CC2)c(-c2cccc(C(F)(F)F)c2)s1. The molecule has 0 spiro atoms. The molecule has 2 amide bonds. The Morgan fingerprint density at radius 1 is 1.16 bits per heavy atom. The van der Waals surface area contributed by atoms with E-state index in [4.69, 9.17) is 14.2 Å². The number of nitrogens with zero attached hydrogens (tertiary/aromatic N) is 2. The van der Waals surface area contributed by atoms with Crippen LogP contribution in [-0.2, 0) is 6.18 Å². The normalized spacial score (nSPS) is 14.6. The molecule has 3 aromatic rings. The highest BCUT2D eigenvalue weighted by Gasteiger charge is 2.35. The summed E-state index contributed by atoms with van der Waals surface area (Å²) in [4.78, 5) is 31.9. The third-order valence-electron chi connectivity index (χ3n) is 6.01. The van der Waals surface area contributed by atoms with E-state index in [2.05, 4.69) is 10.3 Å². The van der Waals surface area contributed by atoms with Crippen molar-refractivity contribution < 1.29 is 37.0 Å². The van der Waals surface area contributed by atoms with Gasteiger partial charge in [0.2, 0.25) is 5.88 Å². The van der Waals surface area contributed by atoms with Crippen LogP contribution in [0.4, 0.5) is 18.0 Å². The van der Waals surface area contributed by atoms with Crippen LogP contribution in [0.25, 0.3) is 10.4 Å². The number of hydrogen-bond acceptors (Lipinski definition) is 7. The second kappa shape index (κ2) is 10.5. The van der Waals surface area contributed by atoms with E-state index in [1.54, 1.807) is 25.1 Å². The number of aromatic nitrogens is 1. The average molecular weight is 548 g/mol. The number of alkyl halides is 3. The summed E-state index contributed by atoms with van der Waals surface area (Å²) in [5.74, 6) is 0.482. The largest absolute Gasteiger partial charge is 0.486 e. The molecule has 2 aromatic carbocycles. The Balaban J connectivity index is 1.26. The molecule has 200 valence electrons. The molecule has 1 aromatic heterocycles. The Labute approximate surface area is 220 Å². The van der Waals surface area contributed by atoms with Crippen molar-refractivity contribution in [2.75, 3.05) is 26.3 Å². The summed E-state index contributed by atoms with van der Waals surface area (Å²) in [6.45, 7) is 2.78. The molecule has 5 rings (SSSR count). The number of fused-ring (bicyclic) bond motifs is 1. The minimum absolute atomic E-state index is 0.0421. The third kappa shape index (κ3) is 5.69. The van der Waals surface area contributed by atoms with Crippen LogP contribution in [0, 0.1) is 6.92 Å². The van der Waals surface area contributed by atoms with Gasteiger partial charge in [-0.25, -0.2) is 9.78 Å². The molecule has 12 heteroatoms. The standard InChI is InChI=1S/C26H24F3N3O5S/c1-15-31-24(22(38-15)16-4-2-5-17(14-16)26(27,28)29)37-25(34)32(18-8-9-18)11-10-30-23(33)19-6-3-7-20-21(19)36-13-12-35-20/h2-7,14,18H,8-13H2,1H3,(H,30,33). The predicted octanol–water partition coefficient (Wildman–Crippen LogP) is 5.30. The second-order valence-corrected chi connectivity index (χ2v) is 10.0. The van der Waals surface area contributed by atoms with Crippen LogP contribution in [-0.4, -0.2) is 54.2 Å². The van der Waals surface area contributed by atoms with Gasteiger partial charge in [0.1, 0.15) is 13.2 Å². The highest BCUT2D eigenvalue weighted by Crippen LogP contribution is 2.39. The zero-order chi connectivity index (χ0) is 26.9. The number of ether oxygens (including phenoxy) is 3. The smallest absolute Gasteiger partial charge is 0.416 e. The maximum atomic E-state index is 13.2. The molecular formula is C26H24F3N3O5S. The van der Waals surface area contributed by atoms with Crippen molar-refractivity contribution in [1.29, 1.82) is 0 Å². The summed E-state index contributed by atoms with van der Waals surface area (Å²) >= 11 is 1.14. The number of aryl methyl sites for hydroxylation is 1. The third-order valence-corrected chi connectivity index (χ3v) is 7.01. The average Bonchev–Trinajstić information content (AvgIpc) is 3.67. The van der Waals surface area contributed by atoms with E-state index in [-0.39, 0.29) is 36.5 Å². The first-order valence-electron chi connectivity index (χ1n) is 12.0. The van der Waals surface area contributed by atoms with Gasteiger partial charge in [-0.2, -0.15) is 13.2 Å². The number of benzene rings is 2. The van der Waals surface area contributed by atoms with E-state index >= 15 is 0 Å². The first-order chi connectivity index (χ1) is 18.2.